The normalized spacial score (nSPS) is 20.7. The van der Waals surface area contributed by atoms with Gasteiger partial charge in [0.2, 0.25) is 5.91 Å². The SMILES string of the molecule is O=C(N1CCC(COc2ccc(C(F)(F)F)cc2)C1)C1(c2ccc(Cl)cc2)CCC1. The van der Waals surface area contributed by atoms with Gasteiger partial charge in [-0.1, -0.05) is 30.2 Å². The van der Waals surface area contributed by atoms with E-state index >= 15 is 0 Å². The Kier molecular flexibility index (Phi) is 5.71. The number of likely N-dealkylation sites (tertiary alicyclic amines) is 1. The van der Waals surface area contributed by atoms with Crippen LogP contribution in [-0.4, -0.2) is 30.5 Å². The molecule has 7 heteroatoms. The number of rotatable bonds is 5. The van der Waals surface area contributed by atoms with Gasteiger partial charge >= 0.3 is 6.18 Å². The number of halogens is 4. The molecule has 1 unspecified atom stereocenters. The van der Waals surface area contributed by atoms with E-state index in [1.54, 1.807) is 0 Å². The van der Waals surface area contributed by atoms with E-state index in [1.807, 2.05) is 29.2 Å². The maximum atomic E-state index is 13.3. The number of benzene rings is 2. The van der Waals surface area contributed by atoms with Gasteiger partial charge in [0.25, 0.3) is 0 Å². The predicted molar refractivity (Wildman–Crippen MR) is 109 cm³/mol. The van der Waals surface area contributed by atoms with Gasteiger partial charge in [0.1, 0.15) is 5.75 Å². The van der Waals surface area contributed by atoms with Crippen molar-refractivity contribution in [1.29, 1.82) is 0 Å². The fraction of sp³-hybridized carbons (Fsp3) is 0.435. The second kappa shape index (κ2) is 8.14. The molecular weight excluding hydrogens is 415 g/mol. The molecule has 0 bridgehead atoms. The summed E-state index contributed by atoms with van der Waals surface area (Å²) in [6, 6.07) is 12.3. The van der Waals surface area contributed by atoms with Crippen molar-refractivity contribution in [3.05, 3.63) is 64.7 Å². The highest BCUT2D eigenvalue weighted by Gasteiger charge is 2.48. The lowest BCUT2D eigenvalue weighted by atomic mass is 9.63. The monoisotopic (exact) mass is 437 g/mol. The molecule has 1 saturated carbocycles. The largest absolute Gasteiger partial charge is 0.493 e. The topological polar surface area (TPSA) is 29.5 Å². The van der Waals surface area contributed by atoms with Gasteiger partial charge in [0, 0.05) is 24.0 Å². The molecule has 30 heavy (non-hydrogen) atoms. The lowest BCUT2D eigenvalue weighted by Gasteiger charge is -2.43. The Hall–Kier alpha value is -2.21. The van der Waals surface area contributed by atoms with Crippen molar-refractivity contribution in [2.45, 2.75) is 37.3 Å². The van der Waals surface area contributed by atoms with Crippen LogP contribution in [-0.2, 0) is 16.4 Å². The molecule has 1 amide bonds. The zero-order valence-electron chi connectivity index (χ0n) is 16.4. The number of amides is 1. The third-order valence-electron chi connectivity index (χ3n) is 6.25. The number of carbonyl (C=O) groups excluding carboxylic acids is 1. The summed E-state index contributed by atoms with van der Waals surface area (Å²) in [7, 11) is 0. The Balaban J connectivity index is 1.35. The summed E-state index contributed by atoms with van der Waals surface area (Å²) in [5, 5.41) is 0.655. The van der Waals surface area contributed by atoms with E-state index in [9.17, 15) is 18.0 Å². The molecule has 1 aliphatic carbocycles. The molecule has 3 nitrogen and oxygen atoms in total. The first kappa shape index (κ1) is 21.0. The molecule has 0 radical (unpaired) electrons. The van der Waals surface area contributed by atoms with Gasteiger partial charge in [-0.3, -0.25) is 4.79 Å². The van der Waals surface area contributed by atoms with E-state index in [0.717, 1.165) is 43.4 Å². The van der Waals surface area contributed by atoms with Gasteiger partial charge in [-0.25, -0.2) is 0 Å². The zero-order chi connectivity index (χ0) is 21.4. The number of carbonyl (C=O) groups is 1. The minimum absolute atomic E-state index is 0.160. The zero-order valence-corrected chi connectivity index (χ0v) is 17.2. The van der Waals surface area contributed by atoms with Gasteiger partial charge < -0.3 is 9.64 Å². The van der Waals surface area contributed by atoms with Gasteiger partial charge in [-0.15, -0.1) is 0 Å². The van der Waals surface area contributed by atoms with Crippen LogP contribution >= 0.6 is 11.6 Å². The molecule has 0 aromatic heterocycles. The number of ether oxygens (including phenoxy) is 1. The highest BCUT2D eigenvalue weighted by atomic mass is 35.5. The molecule has 1 atom stereocenters. The molecule has 2 fully saturated rings. The molecule has 160 valence electrons. The fourth-order valence-electron chi connectivity index (χ4n) is 4.34. The highest BCUT2D eigenvalue weighted by molar-refractivity contribution is 6.30. The minimum Gasteiger partial charge on any atom is -0.493 e. The average Bonchev–Trinajstić information content (AvgIpc) is 3.15. The molecule has 0 spiro atoms. The van der Waals surface area contributed by atoms with Crippen molar-refractivity contribution in [2.75, 3.05) is 19.7 Å². The maximum absolute atomic E-state index is 13.3. The number of alkyl halides is 3. The van der Waals surface area contributed by atoms with Crippen LogP contribution in [0.2, 0.25) is 5.02 Å². The first-order valence-corrected chi connectivity index (χ1v) is 10.5. The third-order valence-corrected chi connectivity index (χ3v) is 6.51. The maximum Gasteiger partial charge on any atom is 0.416 e. The summed E-state index contributed by atoms with van der Waals surface area (Å²) in [6.07, 6.45) is -0.814. The van der Waals surface area contributed by atoms with Crippen molar-refractivity contribution in [2.24, 2.45) is 5.92 Å². The fourth-order valence-corrected chi connectivity index (χ4v) is 4.46. The number of hydrogen-bond acceptors (Lipinski definition) is 2. The second-order valence-electron chi connectivity index (χ2n) is 8.18. The number of nitrogens with zero attached hydrogens (tertiary/aromatic N) is 1. The average molecular weight is 438 g/mol. The Morgan fingerprint density at radius 3 is 2.33 bits per heavy atom. The van der Waals surface area contributed by atoms with Crippen molar-refractivity contribution >= 4 is 17.5 Å². The third kappa shape index (κ3) is 4.15. The van der Waals surface area contributed by atoms with Gasteiger partial charge in [0.15, 0.2) is 0 Å². The molecule has 4 rings (SSSR count). The molecular formula is C23H23ClF3NO2. The molecule has 2 aromatic carbocycles. The van der Waals surface area contributed by atoms with Crippen LogP contribution in [0.5, 0.6) is 5.75 Å². The molecule has 2 aliphatic rings. The Bertz CT molecular complexity index is 892. The van der Waals surface area contributed by atoms with Gasteiger partial charge in [0.05, 0.1) is 17.6 Å². The molecule has 1 saturated heterocycles. The molecule has 2 aromatic rings. The summed E-state index contributed by atoms with van der Waals surface area (Å²) in [6.45, 7) is 1.66. The van der Waals surface area contributed by atoms with E-state index in [0.29, 0.717) is 30.5 Å². The van der Waals surface area contributed by atoms with E-state index in [1.165, 1.54) is 12.1 Å². The van der Waals surface area contributed by atoms with E-state index in [4.69, 9.17) is 16.3 Å². The van der Waals surface area contributed by atoms with Crippen LogP contribution in [0.25, 0.3) is 0 Å². The van der Waals surface area contributed by atoms with Crippen molar-refractivity contribution < 1.29 is 22.7 Å². The Labute approximate surface area is 178 Å². The summed E-state index contributed by atoms with van der Waals surface area (Å²) in [5.74, 6) is 0.732. The smallest absolute Gasteiger partial charge is 0.416 e. The summed E-state index contributed by atoms with van der Waals surface area (Å²) >= 11 is 6.00. The Morgan fingerprint density at radius 2 is 1.77 bits per heavy atom. The van der Waals surface area contributed by atoms with E-state index in [-0.39, 0.29) is 11.8 Å². The highest BCUT2D eigenvalue weighted by Crippen LogP contribution is 2.46. The first-order chi connectivity index (χ1) is 14.3. The molecule has 1 aliphatic heterocycles. The van der Waals surface area contributed by atoms with Crippen molar-refractivity contribution in [3.63, 3.8) is 0 Å². The predicted octanol–water partition coefficient (Wildman–Crippen LogP) is 5.71. The van der Waals surface area contributed by atoms with Gasteiger partial charge in [-0.2, -0.15) is 13.2 Å². The van der Waals surface area contributed by atoms with Crippen LogP contribution < -0.4 is 4.74 Å². The first-order valence-electron chi connectivity index (χ1n) is 10.1. The summed E-state index contributed by atoms with van der Waals surface area (Å²) in [5.41, 5.74) is -0.124. The van der Waals surface area contributed by atoms with Crippen molar-refractivity contribution in [1.82, 2.24) is 4.90 Å². The number of hydrogen-bond donors (Lipinski definition) is 0. The van der Waals surface area contributed by atoms with Crippen LogP contribution in [0, 0.1) is 5.92 Å². The quantitative estimate of drug-likeness (QED) is 0.599. The summed E-state index contributed by atoms with van der Waals surface area (Å²) in [4.78, 5) is 15.2. The lowest BCUT2D eigenvalue weighted by Crippen LogP contribution is -2.50. The van der Waals surface area contributed by atoms with Crippen LogP contribution in [0.3, 0.4) is 0 Å². The van der Waals surface area contributed by atoms with Crippen molar-refractivity contribution in [3.8, 4) is 5.75 Å². The standard InChI is InChI=1S/C23H23ClF3NO2/c24-19-6-2-17(3-7-19)22(11-1-12-22)21(29)28-13-10-16(14-28)15-30-20-8-4-18(5-9-20)23(25,26)27/h2-9,16H,1,10-15H2. The van der Waals surface area contributed by atoms with Crippen LogP contribution in [0.15, 0.2) is 48.5 Å². The summed E-state index contributed by atoms with van der Waals surface area (Å²) < 4.78 is 43.7. The Morgan fingerprint density at radius 1 is 1.10 bits per heavy atom. The van der Waals surface area contributed by atoms with Crippen LogP contribution in [0.1, 0.15) is 36.8 Å². The lowest BCUT2D eigenvalue weighted by molar-refractivity contribution is -0.140. The van der Waals surface area contributed by atoms with Gasteiger partial charge in [-0.05, 0) is 61.2 Å². The molecule has 0 N–H and O–H groups in total. The van der Waals surface area contributed by atoms with Crippen LogP contribution in [0.4, 0.5) is 13.2 Å². The second-order valence-corrected chi connectivity index (χ2v) is 8.62. The van der Waals surface area contributed by atoms with E-state index < -0.39 is 17.2 Å². The van der Waals surface area contributed by atoms with E-state index in [2.05, 4.69) is 0 Å². The molecule has 1 heterocycles. The minimum atomic E-state index is -4.35.